The highest BCUT2D eigenvalue weighted by molar-refractivity contribution is 6.30. The summed E-state index contributed by atoms with van der Waals surface area (Å²) in [6, 6.07) is 5.93. The minimum absolute atomic E-state index is 0.573. The van der Waals surface area contributed by atoms with E-state index in [1.165, 1.54) is 18.2 Å². The Labute approximate surface area is 171 Å². The lowest BCUT2D eigenvalue weighted by Gasteiger charge is -2.30. The van der Waals surface area contributed by atoms with Gasteiger partial charge in [0.2, 0.25) is 0 Å². The first kappa shape index (κ1) is 20.6. The van der Waals surface area contributed by atoms with E-state index in [1.807, 2.05) is 25.3 Å². The number of anilines is 2. The number of nitrogens with two attached hydrogens (primary N) is 1. The summed E-state index contributed by atoms with van der Waals surface area (Å²) in [5.41, 5.74) is 10.0. The highest BCUT2D eigenvalue weighted by Crippen LogP contribution is 2.33. The number of aryl methyl sites for hydroxylation is 1. The van der Waals surface area contributed by atoms with Crippen molar-refractivity contribution >= 4 is 28.9 Å². The summed E-state index contributed by atoms with van der Waals surface area (Å²) in [5, 5.41) is 12.8. The lowest BCUT2D eigenvalue weighted by atomic mass is 10.0. The third-order valence-electron chi connectivity index (χ3n) is 5.04. The SMILES string of the molecule is CN.Cc1cc(Cl)cc(Nc2ncc(C(=N)N3CCOCC3)c3c2CCC3)c1. The number of ether oxygens (including phenoxy) is 1. The van der Waals surface area contributed by atoms with E-state index < -0.39 is 0 Å². The quantitative estimate of drug-likeness (QED) is 0.541. The number of fused-ring (bicyclic) bond motifs is 1. The molecule has 0 unspecified atom stereocenters. The molecule has 1 aromatic carbocycles. The number of rotatable bonds is 3. The average Bonchev–Trinajstić information content (AvgIpc) is 3.20. The van der Waals surface area contributed by atoms with Crippen LogP contribution in [0.3, 0.4) is 0 Å². The number of pyridine rings is 1. The molecule has 4 rings (SSSR count). The summed E-state index contributed by atoms with van der Waals surface area (Å²) < 4.78 is 5.41. The first-order valence-corrected chi connectivity index (χ1v) is 10.0. The van der Waals surface area contributed by atoms with Gasteiger partial charge in [-0.25, -0.2) is 4.98 Å². The second-order valence-electron chi connectivity index (χ2n) is 6.92. The molecule has 0 saturated carbocycles. The third-order valence-corrected chi connectivity index (χ3v) is 5.26. The monoisotopic (exact) mass is 401 g/mol. The predicted octanol–water partition coefficient (Wildman–Crippen LogP) is 3.51. The standard InChI is InChI=1S/C20H23ClN4O.CH5N/c1-13-9-14(21)11-15(10-13)24-20-17-4-2-3-16(17)18(12-23-20)19(22)25-5-7-26-8-6-25;1-2/h9-12,22H,2-8H2,1H3,(H,23,24);2H2,1H3. The number of halogens is 1. The maximum Gasteiger partial charge on any atom is 0.133 e. The van der Waals surface area contributed by atoms with Crippen molar-refractivity contribution in [1.29, 1.82) is 5.41 Å². The molecule has 28 heavy (non-hydrogen) atoms. The third kappa shape index (κ3) is 4.46. The molecule has 0 radical (unpaired) electrons. The summed E-state index contributed by atoms with van der Waals surface area (Å²) in [4.78, 5) is 6.76. The molecule has 2 aliphatic rings. The van der Waals surface area contributed by atoms with Crippen molar-refractivity contribution in [2.24, 2.45) is 5.73 Å². The molecule has 1 aromatic heterocycles. The molecule has 1 aliphatic heterocycles. The van der Waals surface area contributed by atoms with Gasteiger partial charge in [-0.3, -0.25) is 5.41 Å². The molecule has 0 amide bonds. The van der Waals surface area contributed by atoms with Crippen molar-refractivity contribution in [2.45, 2.75) is 26.2 Å². The number of hydrogen-bond donors (Lipinski definition) is 3. The summed E-state index contributed by atoms with van der Waals surface area (Å²) in [6.45, 7) is 4.95. The molecule has 7 heteroatoms. The summed E-state index contributed by atoms with van der Waals surface area (Å²) in [5.74, 6) is 1.46. The lowest BCUT2D eigenvalue weighted by Crippen LogP contribution is -2.41. The van der Waals surface area contributed by atoms with Crippen LogP contribution in [0.15, 0.2) is 24.4 Å². The Balaban J connectivity index is 0.00000109. The van der Waals surface area contributed by atoms with Crippen molar-refractivity contribution in [3.8, 4) is 0 Å². The van der Waals surface area contributed by atoms with Crippen LogP contribution in [0.1, 0.15) is 28.7 Å². The number of morpholine rings is 1. The number of benzene rings is 1. The van der Waals surface area contributed by atoms with Gasteiger partial charge in [0, 0.05) is 35.6 Å². The van der Waals surface area contributed by atoms with E-state index in [-0.39, 0.29) is 0 Å². The minimum Gasteiger partial charge on any atom is -0.378 e. The van der Waals surface area contributed by atoms with Crippen molar-refractivity contribution in [2.75, 3.05) is 38.7 Å². The second kappa shape index (κ2) is 9.37. The number of hydrogen-bond acceptors (Lipinski definition) is 5. The van der Waals surface area contributed by atoms with Crippen molar-refractivity contribution < 1.29 is 4.74 Å². The predicted molar refractivity (Wildman–Crippen MR) is 115 cm³/mol. The fourth-order valence-electron chi connectivity index (χ4n) is 3.80. The van der Waals surface area contributed by atoms with Crippen molar-refractivity contribution in [1.82, 2.24) is 9.88 Å². The minimum atomic E-state index is 0.573. The van der Waals surface area contributed by atoms with Gasteiger partial charge in [0.25, 0.3) is 0 Å². The van der Waals surface area contributed by atoms with E-state index in [4.69, 9.17) is 21.7 Å². The average molecular weight is 402 g/mol. The second-order valence-corrected chi connectivity index (χ2v) is 7.36. The highest BCUT2D eigenvalue weighted by atomic mass is 35.5. The maximum atomic E-state index is 8.63. The number of nitrogens with one attached hydrogen (secondary N) is 2. The molecule has 1 fully saturated rings. The fourth-order valence-corrected chi connectivity index (χ4v) is 4.09. The molecule has 4 N–H and O–H groups in total. The smallest absolute Gasteiger partial charge is 0.133 e. The molecular formula is C21H28ClN5O. The molecule has 0 atom stereocenters. The Hall–Kier alpha value is -2.15. The van der Waals surface area contributed by atoms with E-state index in [0.29, 0.717) is 19.0 Å². The van der Waals surface area contributed by atoms with Crippen LogP contribution >= 0.6 is 11.6 Å². The van der Waals surface area contributed by atoms with Crippen LogP contribution in [0.2, 0.25) is 5.02 Å². The highest BCUT2D eigenvalue weighted by Gasteiger charge is 2.25. The molecular weight excluding hydrogens is 374 g/mol. The Morgan fingerprint density at radius 2 is 1.89 bits per heavy atom. The van der Waals surface area contributed by atoms with Crippen molar-refractivity contribution in [3.63, 3.8) is 0 Å². The van der Waals surface area contributed by atoms with Gasteiger partial charge in [-0.1, -0.05) is 11.6 Å². The zero-order valence-corrected chi connectivity index (χ0v) is 17.3. The van der Waals surface area contributed by atoms with Gasteiger partial charge in [-0.05, 0) is 68.1 Å². The Bertz CT molecular complexity index is 829. The van der Waals surface area contributed by atoms with E-state index in [1.54, 1.807) is 0 Å². The number of aromatic nitrogens is 1. The Morgan fingerprint density at radius 1 is 1.18 bits per heavy atom. The van der Waals surface area contributed by atoms with Gasteiger partial charge in [0.05, 0.1) is 13.2 Å². The van der Waals surface area contributed by atoms with E-state index in [2.05, 4.69) is 27.0 Å². The van der Waals surface area contributed by atoms with Gasteiger partial charge >= 0.3 is 0 Å². The molecule has 1 aliphatic carbocycles. The largest absolute Gasteiger partial charge is 0.378 e. The van der Waals surface area contributed by atoms with E-state index in [0.717, 1.165) is 60.0 Å². The summed E-state index contributed by atoms with van der Waals surface area (Å²) >= 11 is 6.18. The summed E-state index contributed by atoms with van der Waals surface area (Å²) in [7, 11) is 1.50. The zero-order chi connectivity index (χ0) is 20.1. The van der Waals surface area contributed by atoms with Crippen LogP contribution in [0, 0.1) is 12.3 Å². The van der Waals surface area contributed by atoms with Crippen LogP contribution in [0.5, 0.6) is 0 Å². The molecule has 1 saturated heterocycles. The van der Waals surface area contributed by atoms with Crippen LogP contribution in [0.4, 0.5) is 11.5 Å². The van der Waals surface area contributed by atoms with Gasteiger partial charge in [0.1, 0.15) is 11.7 Å². The zero-order valence-electron chi connectivity index (χ0n) is 16.5. The lowest BCUT2D eigenvalue weighted by molar-refractivity contribution is 0.0679. The molecule has 0 spiro atoms. The molecule has 2 aromatic rings. The normalized spacial score (nSPS) is 15.5. The van der Waals surface area contributed by atoms with E-state index >= 15 is 0 Å². The van der Waals surface area contributed by atoms with Crippen molar-refractivity contribution in [3.05, 3.63) is 51.7 Å². The Kier molecular flexibility index (Phi) is 6.88. The van der Waals surface area contributed by atoms with Crippen LogP contribution < -0.4 is 11.1 Å². The first-order valence-electron chi connectivity index (χ1n) is 9.66. The van der Waals surface area contributed by atoms with Gasteiger partial charge < -0.3 is 20.7 Å². The van der Waals surface area contributed by atoms with E-state index in [9.17, 15) is 0 Å². The topological polar surface area (TPSA) is 87.3 Å². The molecule has 0 bridgehead atoms. The van der Waals surface area contributed by atoms with Crippen LogP contribution in [-0.4, -0.2) is 49.1 Å². The van der Waals surface area contributed by atoms with Crippen LogP contribution in [0.25, 0.3) is 0 Å². The molecule has 6 nitrogen and oxygen atoms in total. The maximum absolute atomic E-state index is 8.63. The number of amidine groups is 1. The van der Waals surface area contributed by atoms with Crippen LogP contribution in [-0.2, 0) is 17.6 Å². The summed E-state index contributed by atoms with van der Waals surface area (Å²) in [6.07, 6.45) is 4.95. The van der Waals surface area contributed by atoms with Gasteiger partial charge in [-0.2, -0.15) is 0 Å². The molecule has 2 heterocycles. The first-order chi connectivity index (χ1) is 13.6. The Morgan fingerprint density at radius 3 is 2.61 bits per heavy atom. The van der Waals surface area contributed by atoms with Gasteiger partial charge in [-0.15, -0.1) is 0 Å². The fraction of sp³-hybridized carbons (Fsp3) is 0.429. The molecule has 150 valence electrons. The van der Waals surface area contributed by atoms with Gasteiger partial charge in [0.15, 0.2) is 0 Å². The number of nitrogens with zero attached hydrogens (tertiary/aromatic N) is 2.